The Hall–Kier alpha value is -1.62. The highest BCUT2D eigenvalue weighted by Gasteiger charge is 2.21. The van der Waals surface area contributed by atoms with Crippen LogP contribution in [0.1, 0.15) is 45.4 Å². The second-order valence-corrected chi connectivity index (χ2v) is 6.45. The van der Waals surface area contributed by atoms with Gasteiger partial charge in [-0.1, -0.05) is 13.0 Å². The zero-order valence-corrected chi connectivity index (χ0v) is 14.5. The molecule has 1 rings (SSSR count). The van der Waals surface area contributed by atoms with E-state index in [0.717, 1.165) is 30.8 Å². The monoisotopic (exact) mass is 307 g/mol. The Morgan fingerprint density at radius 3 is 2.59 bits per heavy atom. The molecule has 0 aliphatic carbocycles. The summed E-state index contributed by atoms with van der Waals surface area (Å²) in [6.07, 6.45) is 2.55. The largest absolute Gasteiger partial charge is 0.444 e. The van der Waals surface area contributed by atoms with Crippen LogP contribution in [0.25, 0.3) is 0 Å². The molecule has 5 heteroatoms. The number of hydrogen-bond donors (Lipinski definition) is 1. The van der Waals surface area contributed by atoms with Crippen molar-refractivity contribution in [3.05, 3.63) is 29.6 Å². The Morgan fingerprint density at radius 2 is 2.05 bits per heavy atom. The summed E-state index contributed by atoms with van der Waals surface area (Å²) in [5.74, 6) is 0. The summed E-state index contributed by atoms with van der Waals surface area (Å²) in [6, 6.07) is 4.06. The lowest BCUT2D eigenvalue weighted by Crippen LogP contribution is -2.40. The van der Waals surface area contributed by atoms with Crippen LogP contribution < -0.4 is 5.32 Å². The van der Waals surface area contributed by atoms with Crippen LogP contribution in [0.15, 0.2) is 18.3 Å². The third-order valence-corrected chi connectivity index (χ3v) is 3.01. The van der Waals surface area contributed by atoms with Crippen LogP contribution in [-0.2, 0) is 11.3 Å². The van der Waals surface area contributed by atoms with Crippen molar-refractivity contribution in [1.29, 1.82) is 0 Å². The van der Waals surface area contributed by atoms with E-state index in [0.29, 0.717) is 13.1 Å². The Labute approximate surface area is 134 Å². The van der Waals surface area contributed by atoms with Gasteiger partial charge < -0.3 is 15.0 Å². The number of rotatable bonds is 7. The van der Waals surface area contributed by atoms with Gasteiger partial charge in [0.2, 0.25) is 0 Å². The highest BCUT2D eigenvalue weighted by molar-refractivity contribution is 5.68. The van der Waals surface area contributed by atoms with Crippen LogP contribution in [0, 0.1) is 6.92 Å². The predicted molar refractivity (Wildman–Crippen MR) is 88.8 cm³/mol. The number of hydrogen-bond acceptors (Lipinski definition) is 4. The lowest BCUT2D eigenvalue weighted by atomic mass is 10.2. The van der Waals surface area contributed by atoms with Gasteiger partial charge in [-0.15, -0.1) is 0 Å². The Kier molecular flexibility index (Phi) is 7.32. The zero-order valence-electron chi connectivity index (χ0n) is 14.5. The summed E-state index contributed by atoms with van der Waals surface area (Å²) in [5, 5.41) is 3.34. The van der Waals surface area contributed by atoms with Gasteiger partial charge in [-0.2, -0.15) is 0 Å². The first kappa shape index (κ1) is 18.4. The van der Waals surface area contributed by atoms with E-state index >= 15 is 0 Å². The molecule has 0 bridgehead atoms. The van der Waals surface area contributed by atoms with Crippen LogP contribution >= 0.6 is 0 Å². The third-order valence-electron chi connectivity index (χ3n) is 3.01. The fourth-order valence-corrected chi connectivity index (χ4v) is 1.94. The van der Waals surface area contributed by atoms with Gasteiger partial charge in [-0.25, -0.2) is 4.79 Å². The molecular formula is C17H29N3O2. The first-order valence-corrected chi connectivity index (χ1v) is 7.92. The van der Waals surface area contributed by atoms with Gasteiger partial charge in [-0.05, 0) is 45.7 Å². The molecule has 0 saturated heterocycles. The minimum absolute atomic E-state index is 0.242. The van der Waals surface area contributed by atoms with Gasteiger partial charge in [-0.3, -0.25) is 4.98 Å². The van der Waals surface area contributed by atoms with Crippen molar-refractivity contribution < 1.29 is 9.53 Å². The number of carbonyl (C=O) groups is 1. The summed E-state index contributed by atoms with van der Waals surface area (Å²) in [6.45, 7) is 12.5. The topological polar surface area (TPSA) is 54.5 Å². The van der Waals surface area contributed by atoms with Crippen LogP contribution in [0.2, 0.25) is 0 Å². The highest BCUT2D eigenvalue weighted by atomic mass is 16.6. The molecule has 1 aromatic rings. The molecule has 1 amide bonds. The standard InChI is InChI=1S/C17H29N3O2/c1-6-10-20(16(21)22-17(3,4)5)11-9-18-12-15-8-7-14(2)19-13-15/h7-8,13,18H,6,9-12H2,1-5H3. The van der Waals surface area contributed by atoms with Gasteiger partial charge in [0.25, 0.3) is 0 Å². The van der Waals surface area contributed by atoms with Crippen molar-refractivity contribution in [2.75, 3.05) is 19.6 Å². The van der Waals surface area contributed by atoms with Crippen molar-refractivity contribution in [3.63, 3.8) is 0 Å². The van der Waals surface area contributed by atoms with Crippen LogP contribution in [0.4, 0.5) is 4.79 Å². The maximum absolute atomic E-state index is 12.1. The number of ether oxygens (including phenoxy) is 1. The summed E-state index contributed by atoms with van der Waals surface area (Å²) >= 11 is 0. The van der Waals surface area contributed by atoms with Gasteiger partial charge in [0.05, 0.1) is 0 Å². The second kappa shape index (κ2) is 8.73. The zero-order chi connectivity index (χ0) is 16.6. The van der Waals surface area contributed by atoms with E-state index < -0.39 is 5.60 Å². The van der Waals surface area contributed by atoms with Gasteiger partial charge in [0.15, 0.2) is 0 Å². The van der Waals surface area contributed by atoms with E-state index in [-0.39, 0.29) is 6.09 Å². The van der Waals surface area contributed by atoms with Crippen molar-refractivity contribution in [1.82, 2.24) is 15.2 Å². The fourth-order valence-electron chi connectivity index (χ4n) is 1.94. The molecule has 0 radical (unpaired) electrons. The van der Waals surface area contributed by atoms with E-state index in [2.05, 4.69) is 23.3 Å². The molecule has 0 aliphatic rings. The molecule has 0 fully saturated rings. The van der Waals surface area contributed by atoms with Crippen LogP contribution in [-0.4, -0.2) is 41.2 Å². The molecule has 0 unspecified atom stereocenters. The minimum atomic E-state index is -0.454. The Bertz CT molecular complexity index is 452. The first-order valence-electron chi connectivity index (χ1n) is 7.92. The fraction of sp³-hybridized carbons (Fsp3) is 0.647. The number of nitrogens with one attached hydrogen (secondary N) is 1. The van der Waals surface area contributed by atoms with E-state index in [1.165, 1.54) is 0 Å². The lowest BCUT2D eigenvalue weighted by molar-refractivity contribution is 0.0252. The first-order chi connectivity index (χ1) is 10.3. The van der Waals surface area contributed by atoms with Crippen molar-refractivity contribution in [2.24, 2.45) is 0 Å². The highest BCUT2D eigenvalue weighted by Crippen LogP contribution is 2.10. The molecule has 0 aliphatic heterocycles. The molecule has 1 N–H and O–H groups in total. The van der Waals surface area contributed by atoms with Crippen molar-refractivity contribution in [3.8, 4) is 0 Å². The molecule has 1 heterocycles. The lowest BCUT2D eigenvalue weighted by Gasteiger charge is -2.27. The molecular weight excluding hydrogens is 278 g/mol. The average Bonchev–Trinajstić information content (AvgIpc) is 2.42. The predicted octanol–water partition coefficient (Wildman–Crippen LogP) is 3.13. The quantitative estimate of drug-likeness (QED) is 0.786. The minimum Gasteiger partial charge on any atom is -0.444 e. The van der Waals surface area contributed by atoms with Crippen LogP contribution in [0.5, 0.6) is 0 Å². The Morgan fingerprint density at radius 1 is 1.32 bits per heavy atom. The number of amides is 1. The van der Waals surface area contributed by atoms with E-state index in [1.54, 1.807) is 4.90 Å². The smallest absolute Gasteiger partial charge is 0.410 e. The molecule has 5 nitrogen and oxygen atoms in total. The maximum Gasteiger partial charge on any atom is 0.410 e. The number of carbonyl (C=O) groups excluding carboxylic acids is 1. The van der Waals surface area contributed by atoms with Crippen LogP contribution in [0.3, 0.4) is 0 Å². The Balaban J connectivity index is 2.37. The number of pyridine rings is 1. The van der Waals surface area contributed by atoms with Gasteiger partial charge in [0.1, 0.15) is 5.60 Å². The number of aromatic nitrogens is 1. The van der Waals surface area contributed by atoms with E-state index in [1.807, 2.05) is 40.0 Å². The van der Waals surface area contributed by atoms with E-state index in [9.17, 15) is 4.79 Å². The SMILES string of the molecule is CCCN(CCNCc1ccc(C)nc1)C(=O)OC(C)(C)C. The van der Waals surface area contributed by atoms with Gasteiger partial charge >= 0.3 is 6.09 Å². The third kappa shape index (κ3) is 7.41. The molecule has 0 saturated carbocycles. The van der Waals surface area contributed by atoms with Crippen molar-refractivity contribution >= 4 is 6.09 Å². The van der Waals surface area contributed by atoms with Gasteiger partial charge in [0, 0.05) is 38.1 Å². The molecule has 1 aromatic heterocycles. The van der Waals surface area contributed by atoms with Crippen molar-refractivity contribution in [2.45, 2.75) is 53.2 Å². The molecule has 0 aromatic carbocycles. The maximum atomic E-state index is 12.1. The summed E-state index contributed by atoms with van der Waals surface area (Å²) in [7, 11) is 0. The summed E-state index contributed by atoms with van der Waals surface area (Å²) in [4.78, 5) is 18.1. The molecule has 124 valence electrons. The van der Waals surface area contributed by atoms with E-state index in [4.69, 9.17) is 4.74 Å². The second-order valence-electron chi connectivity index (χ2n) is 6.45. The normalized spacial score (nSPS) is 11.3. The number of aryl methyl sites for hydroxylation is 1. The average molecular weight is 307 g/mol. The number of nitrogens with zero attached hydrogens (tertiary/aromatic N) is 2. The molecule has 0 spiro atoms. The molecule has 22 heavy (non-hydrogen) atoms. The summed E-state index contributed by atoms with van der Waals surface area (Å²) < 4.78 is 5.43. The molecule has 0 atom stereocenters. The summed E-state index contributed by atoms with van der Waals surface area (Å²) in [5.41, 5.74) is 1.71.